The fraction of sp³-hybridized carbons (Fsp3) is 0.500. The van der Waals surface area contributed by atoms with Crippen molar-refractivity contribution in [2.24, 2.45) is 0 Å². The smallest absolute Gasteiger partial charge is 0.409 e. The molecule has 1 saturated heterocycles. The van der Waals surface area contributed by atoms with Crippen molar-refractivity contribution in [3.63, 3.8) is 0 Å². The van der Waals surface area contributed by atoms with Gasteiger partial charge in [0.2, 0.25) is 5.91 Å². The largest absolute Gasteiger partial charge is 0.453 e. The van der Waals surface area contributed by atoms with Crippen LogP contribution in [0.1, 0.15) is 17.5 Å². The van der Waals surface area contributed by atoms with Crippen molar-refractivity contribution in [3.05, 3.63) is 35.4 Å². The summed E-state index contributed by atoms with van der Waals surface area (Å²) >= 11 is 0. The summed E-state index contributed by atoms with van der Waals surface area (Å²) < 4.78 is 4.74. The van der Waals surface area contributed by atoms with Crippen LogP contribution in [0.4, 0.5) is 4.79 Å². The van der Waals surface area contributed by atoms with Gasteiger partial charge in [-0.1, -0.05) is 24.3 Å². The summed E-state index contributed by atoms with van der Waals surface area (Å²) in [6.07, 6.45) is 0.891. The van der Waals surface area contributed by atoms with Crippen molar-refractivity contribution in [2.75, 3.05) is 33.3 Å². The SMILES string of the molecule is COC(=O)N1CCCN(C(=O)Cc2ccccc2C)CC1. The number of amides is 2. The molecule has 21 heavy (non-hydrogen) atoms. The normalized spacial score (nSPS) is 15.5. The lowest BCUT2D eigenvalue weighted by atomic mass is 10.1. The van der Waals surface area contributed by atoms with Crippen LogP contribution in [-0.4, -0.2) is 55.1 Å². The van der Waals surface area contributed by atoms with Crippen LogP contribution in [-0.2, 0) is 16.0 Å². The van der Waals surface area contributed by atoms with Crippen LogP contribution in [0.2, 0.25) is 0 Å². The summed E-state index contributed by atoms with van der Waals surface area (Å²) in [5.41, 5.74) is 2.20. The van der Waals surface area contributed by atoms with Crippen molar-refractivity contribution in [2.45, 2.75) is 19.8 Å². The van der Waals surface area contributed by atoms with Gasteiger partial charge in [0.25, 0.3) is 0 Å². The molecule has 0 saturated carbocycles. The zero-order valence-corrected chi connectivity index (χ0v) is 12.7. The zero-order chi connectivity index (χ0) is 15.2. The monoisotopic (exact) mass is 290 g/mol. The summed E-state index contributed by atoms with van der Waals surface area (Å²) in [4.78, 5) is 27.4. The summed E-state index contributed by atoms with van der Waals surface area (Å²) in [6, 6.07) is 7.94. The molecule has 0 aliphatic carbocycles. The molecule has 1 aliphatic heterocycles. The van der Waals surface area contributed by atoms with E-state index in [9.17, 15) is 9.59 Å². The molecule has 1 heterocycles. The van der Waals surface area contributed by atoms with Crippen LogP contribution < -0.4 is 0 Å². The Morgan fingerprint density at radius 1 is 1.10 bits per heavy atom. The minimum absolute atomic E-state index is 0.121. The molecule has 0 aromatic heterocycles. The predicted octanol–water partition coefficient (Wildman–Crippen LogP) is 1.84. The third kappa shape index (κ3) is 3.97. The van der Waals surface area contributed by atoms with E-state index in [4.69, 9.17) is 4.74 Å². The number of methoxy groups -OCH3 is 1. The molecule has 5 nitrogen and oxygen atoms in total. The molecule has 1 aliphatic rings. The molecule has 2 amide bonds. The first-order valence-corrected chi connectivity index (χ1v) is 7.27. The van der Waals surface area contributed by atoms with Gasteiger partial charge in [-0.05, 0) is 24.5 Å². The number of hydrogen-bond acceptors (Lipinski definition) is 3. The molecule has 0 bridgehead atoms. The van der Waals surface area contributed by atoms with E-state index in [0.29, 0.717) is 32.6 Å². The van der Waals surface area contributed by atoms with Gasteiger partial charge in [-0.15, -0.1) is 0 Å². The number of hydrogen-bond donors (Lipinski definition) is 0. The number of ether oxygens (including phenoxy) is 1. The molecule has 2 rings (SSSR count). The van der Waals surface area contributed by atoms with Gasteiger partial charge in [-0.2, -0.15) is 0 Å². The Kier molecular flexibility index (Phi) is 5.20. The van der Waals surface area contributed by atoms with Crippen LogP contribution in [0.15, 0.2) is 24.3 Å². The molecular weight excluding hydrogens is 268 g/mol. The lowest BCUT2D eigenvalue weighted by molar-refractivity contribution is -0.130. The molecule has 1 aromatic carbocycles. The molecule has 0 radical (unpaired) electrons. The Hall–Kier alpha value is -2.04. The first-order chi connectivity index (χ1) is 10.1. The van der Waals surface area contributed by atoms with Crippen LogP contribution in [0.3, 0.4) is 0 Å². The highest BCUT2D eigenvalue weighted by Gasteiger charge is 2.22. The number of aryl methyl sites for hydroxylation is 1. The quantitative estimate of drug-likeness (QED) is 0.835. The Balaban J connectivity index is 1.94. The predicted molar refractivity (Wildman–Crippen MR) is 80.1 cm³/mol. The van der Waals surface area contributed by atoms with E-state index in [1.54, 1.807) is 4.90 Å². The first kappa shape index (κ1) is 15.4. The fourth-order valence-corrected chi connectivity index (χ4v) is 2.56. The average Bonchev–Trinajstić information content (AvgIpc) is 2.75. The number of carbonyl (C=O) groups is 2. The van der Waals surface area contributed by atoms with Gasteiger partial charge in [0, 0.05) is 26.2 Å². The molecule has 5 heteroatoms. The lowest BCUT2D eigenvalue weighted by Crippen LogP contribution is -2.38. The minimum Gasteiger partial charge on any atom is -0.453 e. The third-order valence-electron chi connectivity index (χ3n) is 3.88. The second-order valence-corrected chi connectivity index (χ2v) is 5.29. The van der Waals surface area contributed by atoms with E-state index in [0.717, 1.165) is 17.5 Å². The van der Waals surface area contributed by atoms with Crippen LogP contribution in [0.5, 0.6) is 0 Å². The molecule has 0 N–H and O–H groups in total. The van der Waals surface area contributed by atoms with Crippen LogP contribution in [0.25, 0.3) is 0 Å². The lowest BCUT2D eigenvalue weighted by Gasteiger charge is -2.21. The molecule has 0 atom stereocenters. The van der Waals surface area contributed by atoms with E-state index in [1.807, 2.05) is 36.1 Å². The molecule has 1 aromatic rings. The zero-order valence-electron chi connectivity index (χ0n) is 12.7. The molecular formula is C16H22N2O3. The van der Waals surface area contributed by atoms with E-state index in [1.165, 1.54) is 7.11 Å². The topological polar surface area (TPSA) is 49.9 Å². The van der Waals surface area contributed by atoms with Gasteiger partial charge in [-0.3, -0.25) is 4.79 Å². The summed E-state index contributed by atoms with van der Waals surface area (Å²) in [7, 11) is 1.38. The molecule has 0 spiro atoms. The standard InChI is InChI=1S/C16H22N2O3/c1-13-6-3-4-7-14(13)12-15(19)17-8-5-9-18(11-10-17)16(20)21-2/h3-4,6-7H,5,8-12H2,1-2H3. The highest BCUT2D eigenvalue weighted by Crippen LogP contribution is 2.11. The van der Waals surface area contributed by atoms with Gasteiger partial charge in [-0.25, -0.2) is 4.79 Å². The van der Waals surface area contributed by atoms with Crippen molar-refractivity contribution >= 4 is 12.0 Å². The Bertz CT molecular complexity index is 516. The average molecular weight is 290 g/mol. The van der Waals surface area contributed by atoms with Crippen molar-refractivity contribution < 1.29 is 14.3 Å². The molecule has 0 unspecified atom stereocenters. The van der Waals surface area contributed by atoms with E-state index in [2.05, 4.69) is 0 Å². The van der Waals surface area contributed by atoms with Crippen molar-refractivity contribution in [3.8, 4) is 0 Å². The highest BCUT2D eigenvalue weighted by atomic mass is 16.5. The Labute approximate surface area is 125 Å². The maximum atomic E-state index is 12.4. The minimum atomic E-state index is -0.316. The first-order valence-electron chi connectivity index (χ1n) is 7.27. The van der Waals surface area contributed by atoms with E-state index in [-0.39, 0.29) is 12.0 Å². The van der Waals surface area contributed by atoms with E-state index >= 15 is 0 Å². The van der Waals surface area contributed by atoms with Gasteiger partial charge in [0.05, 0.1) is 13.5 Å². The Morgan fingerprint density at radius 2 is 1.76 bits per heavy atom. The van der Waals surface area contributed by atoms with E-state index < -0.39 is 0 Å². The van der Waals surface area contributed by atoms with Gasteiger partial charge in [0.1, 0.15) is 0 Å². The molecule has 114 valence electrons. The van der Waals surface area contributed by atoms with Gasteiger partial charge in [0.15, 0.2) is 0 Å². The third-order valence-corrected chi connectivity index (χ3v) is 3.88. The fourth-order valence-electron chi connectivity index (χ4n) is 2.56. The maximum absolute atomic E-state index is 12.4. The highest BCUT2D eigenvalue weighted by molar-refractivity contribution is 5.79. The summed E-state index contributed by atoms with van der Waals surface area (Å²) in [5.74, 6) is 0.121. The van der Waals surface area contributed by atoms with Crippen molar-refractivity contribution in [1.82, 2.24) is 9.80 Å². The molecule has 1 fully saturated rings. The van der Waals surface area contributed by atoms with Crippen LogP contribution >= 0.6 is 0 Å². The second-order valence-electron chi connectivity index (χ2n) is 5.29. The summed E-state index contributed by atoms with van der Waals surface area (Å²) in [5, 5.41) is 0. The number of rotatable bonds is 2. The van der Waals surface area contributed by atoms with Crippen LogP contribution in [0, 0.1) is 6.92 Å². The maximum Gasteiger partial charge on any atom is 0.409 e. The van der Waals surface area contributed by atoms with Gasteiger partial charge >= 0.3 is 6.09 Å². The number of benzene rings is 1. The number of carbonyl (C=O) groups excluding carboxylic acids is 2. The Morgan fingerprint density at radius 3 is 2.48 bits per heavy atom. The number of nitrogens with zero attached hydrogens (tertiary/aromatic N) is 2. The van der Waals surface area contributed by atoms with Crippen molar-refractivity contribution in [1.29, 1.82) is 0 Å². The van der Waals surface area contributed by atoms with Gasteiger partial charge < -0.3 is 14.5 Å². The summed E-state index contributed by atoms with van der Waals surface area (Å²) in [6.45, 7) is 4.45. The second kappa shape index (κ2) is 7.11.